The molecule has 1 aliphatic rings. The van der Waals surface area contributed by atoms with Gasteiger partial charge in [0, 0.05) is 26.4 Å². The average molecular weight is 235 g/mol. The van der Waals surface area contributed by atoms with Crippen molar-refractivity contribution in [2.24, 2.45) is 0 Å². The van der Waals surface area contributed by atoms with Crippen LogP contribution in [0.4, 0.5) is 11.4 Å². The molecular weight excluding hydrogens is 214 g/mol. The van der Waals surface area contributed by atoms with Crippen molar-refractivity contribution in [2.45, 2.75) is 31.8 Å². The van der Waals surface area contributed by atoms with E-state index in [4.69, 9.17) is 10.5 Å². The monoisotopic (exact) mass is 235 g/mol. The first-order valence-electron chi connectivity index (χ1n) is 6.29. The first-order chi connectivity index (χ1) is 8.27. The van der Waals surface area contributed by atoms with E-state index in [1.54, 1.807) is 12.4 Å². The topological polar surface area (TPSA) is 51.4 Å². The number of pyridine rings is 1. The second-order valence-corrected chi connectivity index (χ2v) is 4.63. The van der Waals surface area contributed by atoms with Crippen molar-refractivity contribution >= 4 is 11.4 Å². The van der Waals surface area contributed by atoms with Crippen LogP contribution in [-0.2, 0) is 4.74 Å². The smallest absolute Gasteiger partial charge is 0.0738 e. The maximum Gasteiger partial charge on any atom is 0.0738 e. The lowest BCUT2D eigenvalue weighted by molar-refractivity contribution is 0.103. The lowest BCUT2D eigenvalue weighted by atomic mass is 10.1. The molecule has 0 amide bonds. The largest absolute Gasteiger partial charge is 0.396 e. The fourth-order valence-corrected chi connectivity index (χ4v) is 2.30. The van der Waals surface area contributed by atoms with Crippen LogP contribution < -0.4 is 10.6 Å². The third-order valence-corrected chi connectivity index (χ3v) is 3.28. The highest BCUT2D eigenvalue weighted by Crippen LogP contribution is 2.21. The van der Waals surface area contributed by atoms with Crippen LogP contribution in [0.5, 0.6) is 0 Å². The van der Waals surface area contributed by atoms with Crippen molar-refractivity contribution in [1.29, 1.82) is 0 Å². The van der Waals surface area contributed by atoms with Gasteiger partial charge in [0.2, 0.25) is 0 Å². The summed E-state index contributed by atoms with van der Waals surface area (Å²) in [6.07, 6.45) is 8.70. The molecule has 1 saturated heterocycles. The number of anilines is 2. The Kier molecular flexibility index (Phi) is 4.20. The Labute approximate surface area is 103 Å². The van der Waals surface area contributed by atoms with Crippen LogP contribution in [0.15, 0.2) is 18.5 Å². The predicted molar refractivity (Wildman–Crippen MR) is 70.1 cm³/mol. The summed E-state index contributed by atoms with van der Waals surface area (Å²) in [7, 11) is 2.07. The zero-order chi connectivity index (χ0) is 12.1. The van der Waals surface area contributed by atoms with Crippen LogP contribution in [-0.4, -0.2) is 31.3 Å². The molecule has 0 aromatic carbocycles. The van der Waals surface area contributed by atoms with Gasteiger partial charge >= 0.3 is 0 Å². The molecule has 0 radical (unpaired) electrons. The molecule has 4 nitrogen and oxygen atoms in total. The maximum absolute atomic E-state index is 5.89. The van der Waals surface area contributed by atoms with Gasteiger partial charge in [-0.1, -0.05) is 0 Å². The lowest BCUT2D eigenvalue weighted by Crippen LogP contribution is -2.21. The van der Waals surface area contributed by atoms with E-state index in [-0.39, 0.29) is 0 Å². The fraction of sp³-hybridized carbons (Fsp3) is 0.615. The van der Waals surface area contributed by atoms with Gasteiger partial charge in [0.25, 0.3) is 0 Å². The summed E-state index contributed by atoms with van der Waals surface area (Å²) in [5.74, 6) is 0. The molecule has 0 bridgehead atoms. The molecule has 17 heavy (non-hydrogen) atoms. The van der Waals surface area contributed by atoms with Gasteiger partial charge in [0.15, 0.2) is 0 Å². The van der Waals surface area contributed by atoms with E-state index >= 15 is 0 Å². The minimum absolute atomic E-state index is 0.484. The van der Waals surface area contributed by atoms with Crippen LogP contribution in [0.2, 0.25) is 0 Å². The molecule has 1 aromatic heterocycles. The van der Waals surface area contributed by atoms with E-state index < -0.39 is 0 Å². The summed E-state index contributed by atoms with van der Waals surface area (Å²) < 4.78 is 5.61. The predicted octanol–water partition coefficient (Wildman–Crippen LogP) is 2.06. The van der Waals surface area contributed by atoms with Gasteiger partial charge in [-0.25, -0.2) is 0 Å². The van der Waals surface area contributed by atoms with Gasteiger partial charge in [-0.15, -0.1) is 0 Å². The summed E-state index contributed by atoms with van der Waals surface area (Å²) in [6.45, 7) is 1.95. The summed E-state index contributed by atoms with van der Waals surface area (Å²) in [4.78, 5) is 6.19. The zero-order valence-corrected chi connectivity index (χ0v) is 10.4. The van der Waals surface area contributed by atoms with Crippen LogP contribution in [0.3, 0.4) is 0 Å². The number of nitrogens with two attached hydrogens (primary N) is 1. The summed E-state index contributed by atoms with van der Waals surface area (Å²) in [5.41, 5.74) is 7.69. The second-order valence-electron chi connectivity index (χ2n) is 4.63. The Morgan fingerprint density at radius 3 is 3.18 bits per heavy atom. The van der Waals surface area contributed by atoms with Gasteiger partial charge in [0.1, 0.15) is 0 Å². The standard InChI is InChI=1S/C13H21N3O/c1-16(13-6-7-15-10-12(13)14)8-2-4-11-5-3-9-17-11/h6-7,10-11H,2-5,8-9,14H2,1H3. The molecule has 0 saturated carbocycles. The van der Waals surface area contributed by atoms with Crippen LogP contribution >= 0.6 is 0 Å². The van der Waals surface area contributed by atoms with Crippen LogP contribution in [0.25, 0.3) is 0 Å². The zero-order valence-electron chi connectivity index (χ0n) is 10.4. The number of hydrogen-bond donors (Lipinski definition) is 1. The van der Waals surface area contributed by atoms with Crippen molar-refractivity contribution in [3.05, 3.63) is 18.5 Å². The molecule has 4 heteroatoms. The molecule has 1 atom stereocenters. The molecule has 0 spiro atoms. The summed E-state index contributed by atoms with van der Waals surface area (Å²) in [5, 5.41) is 0. The molecule has 2 rings (SSSR count). The summed E-state index contributed by atoms with van der Waals surface area (Å²) in [6, 6.07) is 1.96. The Balaban J connectivity index is 1.77. The molecule has 1 aromatic rings. The van der Waals surface area contributed by atoms with Gasteiger partial charge in [-0.05, 0) is 31.7 Å². The highest BCUT2D eigenvalue weighted by Gasteiger charge is 2.15. The van der Waals surface area contributed by atoms with Crippen molar-refractivity contribution in [1.82, 2.24) is 4.98 Å². The van der Waals surface area contributed by atoms with Crippen molar-refractivity contribution in [3.63, 3.8) is 0 Å². The van der Waals surface area contributed by atoms with E-state index in [9.17, 15) is 0 Å². The SMILES string of the molecule is CN(CCCC1CCCO1)c1ccncc1N. The van der Waals surface area contributed by atoms with E-state index in [2.05, 4.69) is 16.9 Å². The second kappa shape index (κ2) is 5.87. The molecule has 0 aliphatic carbocycles. The molecule has 1 fully saturated rings. The van der Waals surface area contributed by atoms with Gasteiger partial charge < -0.3 is 15.4 Å². The Morgan fingerprint density at radius 1 is 1.59 bits per heavy atom. The number of nitrogen functional groups attached to an aromatic ring is 1. The minimum atomic E-state index is 0.484. The number of aromatic nitrogens is 1. The number of nitrogens with zero attached hydrogens (tertiary/aromatic N) is 2. The quantitative estimate of drug-likeness (QED) is 0.848. The third kappa shape index (κ3) is 3.33. The van der Waals surface area contributed by atoms with E-state index in [1.165, 1.54) is 12.8 Å². The van der Waals surface area contributed by atoms with E-state index in [1.807, 2.05) is 6.07 Å². The van der Waals surface area contributed by atoms with Gasteiger partial charge in [-0.2, -0.15) is 0 Å². The molecule has 2 N–H and O–H groups in total. The normalized spacial score (nSPS) is 19.5. The number of hydrogen-bond acceptors (Lipinski definition) is 4. The third-order valence-electron chi connectivity index (χ3n) is 3.28. The fourth-order valence-electron chi connectivity index (χ4n) is 2.30. The first-order valence-corrected chi connectivity index (χ1v) is 6.29. The molecule has 2 heterocycles. The molecule has 1 aliphatic heterocycles. The number of ether oxygens (including phenoxy) is 1. The highest BCUT2D eigenvalue weighted by atomic mass is 16.5. The highest BCUT2D eigenvalue weighted by molar-refractivity contribution is 5.65. The minimum Gasteiger partial charge on any atom is -0.396 e. The summed E-state index contributed by atoms with van der Waals surface area (Å²) >= 11 is 0. The Hall–Kier alpha value is -1.29. The molecular formula is C13H21N3O. The van der Waals surface area contributed by atoms with E-state index in [0.717, 1.165) is 37.4 Å². The van der Waals surface area contributed by atoms with Crippen molar-refractivity contribution in [2.75, 3.05) is 30.8 Å². The maximum atomic E-state index is 5.89. The molecule has 1 unspecified atom stereocenters. The Bertz CT molecular complexity index is 350. The number of rotatable bonds is 5. The van der Waals surface area contributed by atoms with Crippen molar-refractivity contribution in [3.8, 4) is 0 Å². The van der Waals surface area contributed by atoms with Crippen molar-refractivity contribution < 1.29 is 4.74 Å². The van der Waals surface area contributed by atoms with Gasteiger partial charge in [-0.3, -0.25) is 4.98 Å². The molecule has 94 valence electrons. The Morgan fingerprint density at radius 2 is 2.47 bits per heavy atom. The lowest BCUT2D eigenvalue weighted by Gasteiger charge is -2.21. The van der Waals surface area contributed by atoms with Crippen LogP contribution in [0, 0.1) is 0 Å². The van der Waals surface area contributed by atoms with Crippen LogP contribution in [0.1, 0.15) is 25.7 Å². The van der Waals surface area contributed by atoms with Gasteiger partial charge in [0.05, 0.1) is 23.7 Å². The van der Waals surface area contributed by atoms with E-state index in [0.29, 0.717) is 6.10 Å². The average Bonchev–Trinajstić information content (AvgIpc) is 2.82. The first kappa shape index (κ1) is 12.2.